The van der Waals surface area contributed by atoms with E-state index in [1.54, 1.807) is 0 Å². The third-order valence-corrected chi connectivity index (χ3v) is 4.17. The zero-order chi connectivity index (χ0) is 16.1. The summed E-state index contributed by atoms with van der Waals surface area (Å²) in [4.78, 5) is 14.3. The maximum Gasteiger partial charge on any atom is 0.410 e. The maximum absolute atomic E-state index is 12.4. The molecule has 0 unspecified atom stereocenters. The van der Waals surface area contributed by atoms with Crippen molar-refractivity contribution in [3.05, 3.63) is 71.8 Å². The summed E-state index contributed by atoms with van der Waals surface area (Å²) in [6.45, 7) is 3.62. The summed E-state index contributed by atoms with van der Waals surface area (Å²) >= 11 is 0. The van der Waals surface area contributed by atoms with E-state index in [1.165, 1.54) is 5.56 Å². The third kappa shape index (κ3) is 3.37. The molecule has 2 aromatic carbocycles. The van der Waals surface area contributed by atoms with Crippen LogP contribution >= 0.6 is 0 Å². The SMILES string of the molecule is CCOC(=O)N1CCN[C@H](c2ccccc2)[C@@H]1c1ccccc1. The molecule has 0 spiro atoms. The lowest BCUT2D eigenvalue weighted by atomic mass is 9.90. The van der Waals surface area contributed by atoms with Gasteiger partial charge in [-0.1, -0.05) is 60.7 Å². The molecule has 4 nitrogen and oxygen atoms in total. The molecule has 1 amide bonds. The van der Waals surface area contributed by atoms with E-state index in [0.717, 1.165) is 12.1 Å². The molecular formula is C19H22N2O2. The molecule has 0 radical (unpaired) electrons. The zero-order valence-corrected chi connectivity index (χ0v) is 13.3. The Balaban J connectivity index is 1.99. The highest BCUT2D eigenvalue weighted by atomic mass is 16.6. The summed E-state index contributed by atoms with van der Waals surface area (Å²) in [6, 6.07) is 20.4. The number of piperazine rings is 1. The van der Waals surface area contributed by atoms with Crippen LogP contribution in [0.1, 0.15) is 30.1 Å². The van der Waals surface area contributed by atoms with Gasteiger partial charge in [0, 0.05) is 13.1 Å². The van der Waals surface area contributed by atoms with Crippen LogP contribution in [-0.2, 0) is 4.74 Å². The molecule has 4 heteroatoms. The van der Waals surface area contributed by atoms with Gasteiger partial charge in [-0.15, -0.1) is 0 Å². The van der Waals surface area contributed by atoms with E-state index in [9.17, 15) is 4.79 Å². The summed E-state index contributed by atoms with van der Waals surface area (Å²) in [5.41, 5.74) is 2.29. The van der Waals surface area contributed by atoms with E-state index < -0.39 is 0 Å². The first-order chi connectivity index (χ1) is 11.3. The highest BCUT2D eigenvalue weighted by Gasteiger charge is 2.36. The second-order valence-corrected chi connectivity index (χ2v) is 5.59. The first-order valence-corrected chi connectivity index (χ1v) is 8.08. The third-order valence-electron chi connectivity index (χ3n) is 4.17. The highest BCUT2D eigenvalue weighted by Crippen LogP contribution is 2.36. The number of carbonyl (C=O) groups is 1. The van der Waals surface area contributed by atoms with Crippen molar-refractivity contribution in [1.82, 2.24) is 10.2 Å². The first-order valence-electron chi connectivity index (χ1n) is 8.08. The van der Waals surface area contributed by atoms with Crippen molar-refractivity contribution in [2.45, 2.75) is 19.0 Å². The largest absolute Gasteiger partial charge is 0.450 e. The van der Waals surface area contributed by atoms with E-state index >= 15 is 0 Å². The number of amides is 1. The van der Waals surface area contributed by atoms with Crippen molar-refractivity contribution in [1.29, 1.82) is 0 Å². The molecular weight excluding hydrogens is 288 g/mol. The van der Waals surface area contributed by atoms with E-state index in [4.69, 9.17) is 4.74 Å². The quantitative estimate of drug-likeness (QED) is 0.943. The van der Waals surface area contributed by atoms with Gasteiger partial charge in [-0.3, -0.25) is 4.90 Å². The summed E-state index contributed by atoms with van der Waals surface area (Å²) in [5.74, 6) is 0. The Bertz CT molecular complexity index is 630. The topological polar surface area (TPSA) is 41.6 Å². The van der Waals surface area contributed by atoms with Crippen molar-refractivity contribution in [3.8, 4) is 0 Å². The molecule has 1 N–H and O–H groups in total. The Labute approximate surface area is 137 Å². The van der Waals surface area contributed by atoms with Gasteiger partial charge >= 0.3 is 6.09 Å². The molecule has 1 aliphatic heterocycles. The maximum atomic E-state index is 12.4. The van der Waals surface area contributed by atoms with Gasteiger partial charge in [-0.2, -0.15) is 0 Å². The number of carbonyl (C=O) groups excluding carboxylic acids is 1. The minimum atomic E-state index is -0.246. The average molecular weight is 310 g/mol. The number of benzene rings is 2. The van der Waals surface area contributed by atoms with Crippen LogP contribution < -0.4 is 5.32 Å². The van der Waals surface area contributed by atoms with Crippen molar-refractivity contribution >= 4 is 6.09 Å². The van der Waals surface area contributed by atoms with Gasteiger partial charge in [0.25, 0.3) is 0 Å². The number of hydrogen-bond acceptors (Lipinski definition) is 3. The molecule has 2 atom stereocenters. The minimum Gasteiger partial charge on any atom is -0.450 e. The van der Waals surface area contributed by atoms with Crippen molar-refractivity contribution in [2.75, 3.05) is 19.7 Å². The molecule has 0 aromatic heterocycles. The molecule has 0 saturated carbocycles. The van der Waals surface area contributed by atoms with Crippen LogP contribution in [0, 0.1) is 0 Å². The van der Waals surface area contributed by atoms with Crippen LogP contribution in [0.25, 0.3) is 0 Å². The van der Waals surface area contributed by atoms with Gasteiger partial charge in [-0.25, -0.2) is 4.79 Å². The van der Waals surface area contributed by atoms with Crippen LogP contribution in [0.4, 0.5) is 4.79 Å². The van der Waals surface area contributed by atoms with Gasteiger partial charge < -0.3 is 10.1 Å². The molecule has 23 heavy (non-hydrogen) atoms. The summed E-state index contributed by atoms with van der Waals surface area (Å²) in [7, 11) is 0. The van der Waals surface area contributed by atoms with Crippen LogP contribution in [0.2, 0.25) is 0 Å². The monoisotopic (exact) mass is 310 g/mol. The second-order valence-electron chi connectivity index (χ2n) is 5.59. The van der Waals surface area contributed by atoms with Crippen molar-refractivity contribution in [2.24, 2.45) is 0 Å². The van der Waals surface area contributed by atoms with Gasteiger partial charge in [0.1, 0.15) is 0 Å². The summed E-state index contributed by atoms with van der Waals surface area (Å²) < 4.78 is 5.28. The smallest absolute Gasteiger partial charge is 0.410 e. The van der Waals surface area contributed by atoms with Crippen molar-refractivity contribution < 1.29 is 9.53 Å². The molecule has 1 saturated heterocycles. The molecule has 0 bridgehead atoms. The average Bonchev–Trinajstić information content (AvgIpc) is 2.63. The van der Waals surface area contributed by atoms with E-state index in [0.29, 0.717) is 13.2 Å². The fraction of sp³-hybridized carbons (Fsp3) is 0.316. The minimum absolute atomic E-state index is 0.0526. The lowest BCUT2D eigenvalue weighted by Gasteiger charge is -2.41. The number of nitrogens with zero attached hydrogens (tertiary/aromatic N) is 1. The second kappa shape index (κ2) is 7.29. The predicted octanol–water partition coefficient (Wildman–Crippen LogP) is 3.53. The predicted molar refractivity (Wildman–Crippen MR) is 90.1 cm³/mol. The fourth-order valence-electron chi connectivity index (χ4n) is 3.17. The number of rotatable bonds is 3. The Hall–Kier alpha value is -2.33. The number of hydrogen-bond donors (Lipinski definition) is 1. The van der Waals surface area contributed by atoms with Gasteiger partial charge in [0.15, 0.2) is 0 Å². The molecule has 1 aliphatic rings. The normalized spacial score (nSPS) is 21.0. The first kappa shape index (κ1) is 15.6. The van der Waals surface area contributed by atoms with Gasteiger partial charge in [0.2, 0.25) is 0 Å². The Morgan fingerprint density at radius 1 is 1.09 bits per heavy atom. The van der Waals surface area contributed by atoms with E-state index in [-0.39, 0.29) is 18.2 Å². The van der Waals surface area contributed by atoms with Gasteiger partial charge in [0.05, 0.1) is 18.7 Å². The van der Waals surface area contributed by atoms with E-state index in [1.807, 2.05) is 48.2 Å². The van der Waals surface area contributed by atoms with Crippen LogP contribution in [0.5, 0.6) is 0 Å². The molecule has 2 aromatic rings. The molecule has 0 aliphatic carbocycles. The van der Waals surface area contributed by atoms with Crippen LogP contribution in [0.3, 0.4) is 0 Å². The molecule has 120 valence electrons. The van der Waals surface area contributed by atoms with Gasteiger partial charge in [-0.05, 0) is 18.1 Å². The Morgan fingerprint density at radius 3 is 2.30 bits per heavy atom. The lowest BCUT2D eigenvalue weighted by Crippen LogP contribution is -2.50. The Kier molecular flexibility index (Phi) is 4.93. The Morgan fingerprint density at radius 2 is 1.70 bits per heavy atom. The highest BCUT2D eigenvalue weighted by molar-refractivity contribution is 5.69. The summed E-state index contributed by atoms with van der Waals surface area (Å²) in [6.07, 6.45) is -0.246. The molecule has 1 heterocycles. The molecule has 3 rings (SSSR count). The lowest BCUT2D eigenvalue weighted by molar-refractivity contribution is 0.0666. The number of ether oxygens (including phenoxy) is 1. The van der Waals surface area contributed by atoms with Crippen LogP contribution in [0.15, 0.2) is 60.7 Å². The van der Waals surface area contributed by atoms with Crippen molar-refractivity contribution in [3.63, 3.8) is 0 Å². The standard InChI is InChI=1S/C19H22N2O2/c1-2-23-19(22)21-14-13-20-17(15-9-5-3-6-10-15)18(21)16-11-7-4-8-12-16/h3-12,17-18,20H,2,13-14H2,1H3/t17-,18+/m1/s1. The van der Waals surface area contributed by atoms with Crippen LogP contribution in [-0.4, -0.2) is 30.7 Å². The summed E-state index contributed by atoms with van der Waals surface area (Å²) in [5, 5.41) is 3.56. The van der Waals surface area contributed by atoms with E-state index in [2.05, 4.69) is 29.6 Å². The molecule has 1 fully saturated rings. The zero-order valence-electron chi connectivity index (χ0n) is 13.3. The number of nitrogens with one attached hydrogen (secondary N) is 1. The fourth-order valence-corrected chi connectivity index (χ4v) is 3.17.